The highest BCUT2D eigenvalue weighted by molar-refractivity contribution is 5.70. The molecule has 2 nitrogen and oxygen atoms in total. The zero-order valence-electron chi connectivity index (χ0n) is 14.0. The number of benzene rings is 2. The monoisotopic (exact) mass is 302 g/mol. The second-order valence-electron chi connectivity index (χ2n) is 6.60. The Morgan fingerprint density at radius 2 is 1.70 bits per heavy atom. The Bertz CT molecular complexity index is 856. The molecule has 1 unspecified atom stereocenters. The van der Waals surface area contributed by atoms with Crippen molar-refractivity contribution in [1.29, 1.82) is 0 Å². The van der Waals surface area contributed by atoms with Gasteiger partial charge in [0.05, 0.1) is 17.4 Å². The number of fused-ring (bicyclic) bond motifs is 3. The van der Waals surface area contributed by atoms with E-state index < -0.39 is 0 Å². The van der Waals surface area contributed by atoms with Gasteiger partial charge >= 0.3 is 0 Å². The van der Waals surface area contributed by atoms with Gasteiger partial charge in [0.15, 0.2) is 0 Å². The third-order valence-electron chi connectivity index (χ3n) is 4.86. The van der Waals surface area contributed by atoms with Crippen LogP contribution in [0.25, 0.3) is 11.3 Å². The number of nitrogens with zero attached hydrogens (tertiary/aromatic N) is 2. The van der Waals surface area contributed by atoms with Gasteiger partial charge in [0.25, 0.3) is 0 Å². The van der Waals surface area contributed by atoms with Crippen LogP contribution in [0.3, 0.4) is 0 Å². The van der Waals surface area contributed by atoms with Gasteiger partial charge in [-0.2, -0.15) is 5.10 Å². The number of hydrogen-bond donors (Lipinski definition) is 0. The Morgan fingerprint density at radius 3 is 2.43 bits per heavy atom. The lowest BCUT2D eigenvalue weighted by Gasteiger charge is -2.15. The normalized spacial score (nSPS) is 15.5. The first-order chi connectivity index (χ1) is 11.2. The van der Waals surface area contributed by atoms with Crippen LogP contribution < -0.4 is 0 Å². The Labute approximate surface area is 137 Å². The summed E-state index contributed by atoms with van der Waals surface area (Å²) in [4.78, 5) is 0. The first-order valence-corrected chi connectivity index (χ1v) is 8.40. The molecule has 1 aliphatic rings. The van der Waals surface area contributed by atoms with Crippen LogP contribution in [0.4, 0.5) is 0 Å². The van der Waals surface area contributed by atoms with Crippen molar-refractivity contribution < 1.29 is 0 Å². The molecule has 0 N–H and O–H groups in total. The number of hydrogen-bond acceptors (Lipinski definition) is 1. The van der Waals surface area contributed by atoms with Crippen LogP contribution in [0, 0.1) is 13.8 Å². The van der Waals surface area contributed by atoms with E-state index in [1.54, 1.807) is 0 Å². The SMILES string of the molecule is CCc1ccc(CC2c3cc(C)ccc3-c3cc(C)nn32)cc1. The van der Waals surface area contributed by atoms with E-state index in [4.69, 9.17) is 5.10 Å². The van der Waals surface area contributed by atoms with Gasteiger partial charge in [-0.05, 0) is 49.4 Å². The largest absolute Gasteiger partial charge is 0.257 e. The summed E-state index contributed by atoms with van der Waals surface area (Å²) in [5.41, 5.74) is 9.19. The van der Waals surface area contributed by atoms with Crippen LogP contribution in [0.2, 0.25) is 0 Å². The fraction of sp³-hybridized carbons (Fsp3) is 0.286. The van der Waals surface area contributed by atoms with Crippen LogP contribution in [-0.2, 0) is 12.8 Å². The van der Waals surface area contributed by atoms with Crippen molar-refractivity contribution in [2.75, 3.05) is 0 Å². The average molecular weight is 302 g/mol. The Hall–Kier alpha value is -2.35. The van der Waals surface area contributed by atoms with Crippen molar-refractivity contribution in [2.45, 2.75) is 39.7 Å². The smallest absolute Gasteiger partial charge is 0.0822 e. The lowest BCUT2D eigenvalue weighted by molar-refractivity contribution is 0.542. The van der Waals surface area contributed by atoms with E-state index in [0.29, 0.717) is 6.04 Å². The molecule has 1 aromatic heterocycles. The van der Waals surface area contributed by atoms with Crippen LogP contribution in [0.5, 0.6) is 0 Å². The number of rotatable bonds is 3. The van der Waals surface area contributed by atoms with Crippen LogP contribution in [0.15, 0.2) is 48.5 Å². The van der Waals surface area contributed by atoms with Gasteiger partial charge in [0.1, 0.15) is 0 Å². The lowest BCUT2D eigenvalue weighted by atomic mass is 9.95. The minimum absolute atomic E-state index is 0.307. The summed E-state index contributed by atoms with van der Waals surface area (Å²) in [6.07, 6.45) is 2.09. The second-order valence-corrected chi connectivity index (χ2v) is 6.60. The molecule has 0 saturated carbocycles. The van der Waals surface area contributed by atoms with Crippen LogP contribution in [0.1, 0.15) is 40.9 Å². The van der Waals surface area contributed by atoms with Crippen LogP contribution >= 0.6 is 0 Å². The van der Waals surface area contributed by atoms with Crippen molar-refractivity contribution >= 4 is 0 Å². The summed E-state index contributed by atoms with van der Waals surface area (Å²) in [5, 5.41) is 4.76. The van der Waals surface area contributed by atoms with Gasteiger partial charge in [0, 0.05) is 5.56 Å². The molecule has 0 aliphatic carbocycles. The molecule has 1 aliphatic heterocycles. The van der Waals surface area contributed by atoms with E-state index in [2.05, 4.69) is 74.0 Å². The topological polar surface area (TPSA) is 17.8 Å². The Balaban J connectivity index is 1.76. The molecule has 2 heterocycles. The zero-order chi connectivity index (χ0) is 16.0. The maximum atomic E-state index is 4.76. The van der Waals surface area contributed by atoms with Crippen molar-refractivity contribution in [3.8, 4) is 11.3 Å². The van der Waals surface area contributed by atoms with Crippen LogP contribution in [-0.4, -0.2) is 9.78 Å². The molecule has 2 aromatic carbocycles. The highest BCUT2D eigenvalue weighted by atomic mass is 15.3. The maximum absolute atomic E-state index is 4.76. The van der Waals surface area contributed by atoms with Gasteiger partial charge in [0.2, 0.25) is 0 Å². The zero-order valence-corrected chi connectivity index (χ0v) is 14.0. The van der Waals surface area contributed by atoms with Gasteiger partial charge in [-0.15, -0.1) is 0 Å². The molecule has 0 saturated heterocycles. The van der Waals surface area contributed by atoms with E-state index in [0.717, 1.165) is 18.5 Å². The molecule has 0 amide bonds. The van der Waals surface area contributed by atoms with Gasteiger partial charge in [-0.25, -0.2) is 0 Å². The van der Waals surface area contributed by atoms with Crippen molar-refractivity contribution in [1.82, 2.24) is 9.78 Å². The van der Waals surface area contributed by atoms with E-state index in [1.807, 2.05) is 0 Å². The first kappa shape index (κ1) is 14.3. The Kier molecular flexibility index (Phi) is 3.33. The summed E-state index contributed by atoms with van der Waals surface area (Å²) < 4.78 is 2.22. The molecule has 0 bridgehead atoms. The summed E-state index contributed by atoms with van der Waals surface area (Å²) in [5.74, 6) is 0. The second kappa shape index (κ2) is 5.38. The summed E-state index contributed by atoms with van der Waals surface area (Å²) in [6.45, 7) is 6.44. The molecule has 3 aromatic rings. The summed E-state index contributed by atoms with van der Waals surface area (Å²) in [6, 6.07) is 18.3. The predicted molar refractivity (Wildman–Crippen MR) is 94.8 cm³/mol. The van der Waals surface area contributed by atoms with Crippen molar-refractivity contribution in [3.05, 3.63) is 76.5 Å². The molecule has 0 radical (unpaired) electrons. The quantitative estimate of drug-likeness (QED) is 0.674. The molecule has 23 heavy (non-hydrogen) atoms. The van der Waals surface area contributed by atoms with E-state index in [1.165, 1.54) is 33.5 Å². The summed E-state index contributed by atoms with van der Waals surface area (Å²) in [7, 11) is 0. The van der Waals surface area contributed by atoms with Gasteiger partial charge in [-0.3, -0.25) is 4.68 Å². The molecule has 0 spiro atoms. The minimum atomic E-state index is 0.307. The lowest BCUT2D eigenvalue weighted by Crippen LogP contribution is -2.11. The van der Waals surface area contributed by atoms with Gasteiger partial charge < -0.3 is 0 Å². The standard InChI is InChI=1S/C21H22N2/c1-4-16-6-8-17(9-7-16)13-21-19-11-14(2)5-10-18(19)20-12-15(3)22-23(20)21/h5-12,21H,4,13H2,1-3H3. The highest BCUT2D eigenvalue weighted by Gasteiger charge is 2.29. The van der Waals surface area contributed by atoms with E-state index >= 15 is 0 Å². The molecule has 2 heteroatoms. The summed E-state index contributed by atoms with van der Waals surface area (Å²) >= 11 is 0. The fourth-order valence-electron chi connectivity index (χ4n) is 3.61. The Morgan fingerprint density at radius 1 is 0.957 bits per heavy atom. The molecule has 1 atom stereocenters. The van der Waals surface area contributed by atoms with Crippen molar-refractivity contribution in [3.63, 3.8) is 0 Å². The van der Waals surface area contributed by atoms with Gasteiger partial charge in [-0.1, -0.05) is 55.0 Å². The number of aryl methyl sites for hydroxylation is 3. The minimum Gasteiger partial charge on any atom is -0.257 e. The molecule has 0 fully saturated rings. The molecule has 116 valence electrons. The first-order valence-electron chi connectivity index (χ1n) is 8.40. The maximum Gasteiger partial charge on any atom is 0.0822 e. The third kappa shape index (κ3) is 2.39. The molecular weight excluding hydrogens is 280 g/mol. The number of aromatic nitrogens is 2. The third-order valence-corrected chi connectivity index (χ3v) is 4.86. The molecule has 4 rings (SSSR count). The average Bonchev–Trinajstić information content (AvgIpc) is 3.05. The van der Waals surface area contributed by atoms with E-state index in [9.17, 15) is 0 Å². The van der Waals surface area contributed by atoms with Crippen molar-refractivity contribution in [2.24, 2.45) is 0 Å². The highest BCUT2D eigenvalue weighted by Crippen LogP contribution is 2.41. The molecular formula is C21H22N2. The van der Waals surface area contributed by atoms with E-state index in [-0.39, 0.29) is 0 Å². The fourth-order valence-corrected chi connectivity index (χ4v) is 3.61. The predicted octanol–water partition coefficient (Wildman–Crippen LogP) is 4.87.